The third-order valence-electron chi connectivity index (χ3n) is 5.07. The van der Waals surface area contributed by atoms with Crippen LogP contribution in [-0.2, 0) is 19.3 Å². The molecule has 3 heterocycles. The Kier molecular flexibility index (Phi) is 5.12. The molecule has 0 spiro atoms. The van der Waals surface area contributed by atoms with Gasteiger partial charge in [0.05, 0.1) is 23.4 Å². The maximum atomic E-state index is 9.50. The molecule has 6 nitrogen and oxygen atoms in total. The van der Waals surface area contributed by atoms with E-state index in [0.29, 0.717) is 0 Å². The Balaban J connectivity index is 1.35. The van der Waals surface area contributed by atoms with Crippen LogP contribution in [0.15, 0.2) is 12.4 Å². The van der Waals surface area contributed by atoms with Gasteiger partial charge >= 0.3 is 0 Å². The molecule has 7 heteroatoms. The summed E-state index contributed by atoms with van der Waals surface area (Å²) in [4.78, 5) is 17.2. The number of nitrogens with zero attached hydrogens (tertiary/aromatic N) is 4. The van der Waals surface area contributed by atoms with Crippen molar-refractivity contribution < 1.29 is 5.11 Å². The topological polar surface area (TPSA) is 74.2 Å². The molecule has 1 atom stereocenters. The van der Waals surface area contributed by atoms with Gasteiger partial charge in [0, 0.05) is 30.5 Å². The summed E-state index contributed by atoms with van der Waals surface area (Å²) in [6, 6.07) is 2.17. The van der Waals surface area contributed by atoms with Crippen molar-refractivity contribution in [3.05, 3.63) is 28.0 Å². The van der Waals surface area contributed by atoms with Crippen LogP contribution in [-0.4, -0.2) is 45.8 Å². The Morgan fingerprint density at radius 1 is 1.24 bits per heavy atom. The molecule has 134 valence electrons. The van der Waals surface area contributed by atoms with Crippen LogP contribution in [0.1, 0.15) is 41.3 Å². The van der Waals surface area contributed by atoms with E-state index in [2.05, 4.69) is 20.2 Å². The van der Waals surface area contributed by atoms with E-state index in [1.807, 2.05) is 17.4 Å². The monoisotopic (exact) mass is 359 g/mol. The Morgan fingerprint density at radius 2 is 2.16 bits per heavy atom. The molecule has 1 saturated heterocycles. The number of nitrogens with one attached hydrogen (secondary N) is 1. The number of thiazole rings is 1. The zero-order valence-electron chi connectivity index (χ0n) is 14.4. The number of aromatic nitrogens is 3. The molecular formula is C18H25N5OS. The first kappa shape index (κ1) is 16.7. The molecule has 1 unspecified atom stereocenters. The summed E-state index contributed by atoms with van der Waals surface area (Å²) < 4.78 is 0. The summed E-state index contributed by atoms with van der Waals surface area (Å²) in [5.41, 5.74) is 1.33. The second kappa shape index (κ2) is 7.66. The lowest BCUT2D eigenvalue weighted by atomic mass is 10.0. The second-order valence-corrected chi connectivity index (χ2v) is 7.96. The van der Waals surface area contributed by atoms with E-state index in [1.165, 1.54) is 34.8 Å². The molecule has 1 aliphatic heterocycles. The number of fused-ring (bicyclic) bond motifs is 1. The Morgan fingerprint density at radius 3 is 3.04 bits per heavy atom. The summed E-state index contributed by atoms with van der Waals surface area (Å²) in [7, 11) is 0. The van der Waals surface area contributed by atoms with Gasteiger partial charge < -0.3 is 15.3 Å². The summed E-state index contributed by atoms with van der Waals surface area (Å²) in [5, 5.41) is 14.1. The third-order valence-corrected chi connectivity index (χ3v) is 6.29. The zero-order valence-corrected chi connectivity index (χ0v) is 15.3. The fourth-order valence-electron chi connectivity index (χ4n) is 3.74. The lowest BCUT2D eigenvalue weighted by molar-refractivity contribution is 0.266. The predicted molar refractivity (Wildman–Crippen MR) is 100 cm³/mol. The Labute approximate surface area is 152 Å². The van der Waals surface area contributed by atoms with Crippen molar-refractivity contribution >= 4 is 23.0 Å². The molecule has 2 aliphatic rings. The minimum Gasteiger partial charge on any atom is -0.394 e. The van der Waals surface area contributed by atoms with Gasteiger partial charge in [-0.25, -0.2) is 15.0 Å². The highest BCUT2D eigenvalue weighted by atomic mass is 32.1. The molecule has 2 aromatic heterocycles. The average Bonchev–Trinajstić information content (AvgIpc) is 3.28. The summed E-state index contributed by atoms with van der Waals surface area (Å²) in [5.74, 6) is 1.74. The van der Waals surface area contributed by atoms with Gasteiger partial charge in [-0.05, 0) is 38.5 Å². The first-order valence-corrected chi connectivity index (χ1v) is 10.1. The van der Waals surface area contributed by atoms with Crippen molar-refractivity contribution in [3.8, 4) is 0 Å². The van der Waals surface area contributed by atoms with Crippen molar-refractivity contribution in [2.45, 2.75) is 51.0 Å². The average molecular weight is 359 g/mol. The number of aliphatic hydroxyl groups excluding tert-OH is 1. The molecule has 0 radical (unpaired) electrons. The fraction of sp³-hybridized carbons (Fsp3) is 0.611. The SMILES string of the molecule is OCC1CCCN1c1cc(NCCc2nc3c(s2)CCCC3)ncn1. The molecular weight excluding hydrogens is 334 g/mol. The lowest BCUT2D eigenvalue weighted by Crippen LogP contribution is -2.32. The molecule has 2 N–H and O–H groups in total. The largest absolute Gasteiger partial charge is 0.394 e. The molecule has 2 aromatic rings. The van der Waals surface area contributed by atoms with E-state index in [1.54, 1.807) is 6.33 Å². The Bertz CT molecular complexity index is 696. The van der Waals surface area contributed by atoms with Gasteiger partial charge in [0.2, 0.25) is 0 Å². The maximum absolute atomic E-state index is 9.50. The summed E-state index contributed by atoms with van der Waals surface area (Å²) in [6.07, 6.45) is 9.61. The molecule has 0 bridgehead atoms. The molecule has 0 amide bonds. The number of rotatable bonds is 6. The minimum absolute atomic E-state index is 0.182. The molecule has 1 fully saturated rings. The standard InChI is InChI=1S/C18H25N5OS/c24-11-13-4-3-9-23(13)17-10-16(20-12-21-17)19-8-7-18-22-14-5-1-2-6-15(14)25-18/h10,12-13,24H,1-9,11H2,(H,19,20,21). The fourth-order valence-corrected chi connectivity index (χ4v) is 4.89. The van der Waals surface area contributed by atoms with Crippen LogP contribution in [0.3, 0.4) is 0 Å². The van der Waals surface area contributed by atoms with Crippen LogP contribution < -0.4 is 10.2 Å². The van der Waals surface area contributed by atoms with E-state index in [9.17, 15) is 5.11 Å². The van der Waals surface area contributed by atoms with Gasteiger partial charge in [0.25, 0.3) is 0 Å². The Hall–Kier alpha value is -1.73. The van der Waals surface area contributed by atoms with Crippen molar-refractivity contribution in [1.82, 2.24) is 15.0 Å². The maximum Gasteiger partial charge on any atom is 0.134 e. The van der Waals surface area contributed by atoms with Crippen LogP contribution in [0.4, 0.5) is 11.6 Å². The van der Waals surface area contributed by atoms with Gasteiger partial charge in [0.1, 0.15) is 18.0 Å². The van der Waals surface area contributed by atoms with Gasteiger partial charge in [0.15, 0.2) is 0 Å². The van der Waals surface area contributed by atoms with E-state index in [0.717, 1.165) is 50.4 Å². The number of aliphatic hydroxyl groups is 1. The summed E-state index contributed by atoms with van der Waals surface area (Å²) in [6.45, 7) is 1.96. The number of anilines is 2. The number of hydrogen-bond acceptors (Lipinski definition) is 7. The normalized spacial score (nSPS) is 19.9. The van der Waals surface area contributed by atoms with Gasteiger partial charge in [-0.2, -0.15) is 0 Å². The van der Waals surface area contributed by atoms with Gasteiger partial charge in [-0.1, -0.05) is 0 Å². The van der Waals surface area contributed by atoms with Crippen LogP contribution >= 0.6 is 11.3 Å². The first-order chi connectivity index (χ1) is 12.3. The first-order valence-electron chi connectivity index (χ1n) is 9.24. The smallest absolute Gasteiger partial charge is 0.134 e. The highest BCUT2D eigenvalue weighted by molar-refractivity contribution is 7.11. The highest BCUT2D eigenvalue weighted by Gasteiger charge is 2.25. The van der Waals surface area contributed by atoms with E-state index < -0.39 is 0 Å². The van der Waals surface area contributed by atoms with Crippen LogP contribution in [0, 0.1) is 0 Å². The predicted octanol–water partition coefficient (Wildman–Crippen LogP) is 2.43. The van der Waals surface area contributed by atoms with Crippen LogP contribution in [0.2, 0.25) is 0 Å². The van der Waals surface area contributed by atoms with E-state index >= 15 is 0 Å². The van der Waals surface area contributed by atoms with Gasteiger partial charge in [-0.15, -0.1) is 11.3 Å². The number of hydrogen-bond donors (Lipinski definition) is 2. The van der Waals surface area contributed by atoms with Crippen molar-refractivity contribution in [1.29, 1.82) is 0 Å². The van der Waals surface area contributed by atoms with Crippen molar-refractivity contribution in [3.63, 3.8) is 0 Å². The van der Waals surface area contributed by atoms with Gasteiger partial charge in [-0.3, -0.25) is 0 Å². The van der Waals surface area contributed by atoms with Crippen LogP contribution in [0.5, 0.6) is 0 Å². The molecule has 4 rings (SSSR count). The highest BCUT2D eigenvalue weighted by Crippen LogP contribution is 2.27. The quantitative estimate of drug-likeness (QED) is 0.825. The van der Waals surface area contributed by atoms with E-state index in [-0.39, 0.29) is 12.6 Å². The second-order valence-electron chi connectivity index (χ2n) is 6.79. The molecule has 0 saturated carbocycles. The summed E-state index contributed by atoms with van der Waals surface area (Å²) >= 11 is 1.88. The molecule has 0 aromatic carbocycles. The lowest BCUT2D eigenvalue weighted by Gasteiger charge is -2.24. The van der Waals surface area contributed by atoms with Crippen LogP contribution in [0.25, 0.3) is 0 Å². The molecule has 25 heavy (non-hydrogen) atoms. The van der Waals surface area contributed by atoms with Crippen molar-refractivity contribution in [2.24, 2.45) is 0 Å². The number of aryl methyl sites for hydroxylation is 2. The zero-order chi connectivity index (χ0) is 17.1. The van der Waals surface area contributed by atoms with Crippen molar-refractivity contribution in [2.75, 3.05) is 29.9 Å². The minimum atomic E-state index is 0.182. The van der Waals surface area contributed by atoms with E-state index in [4.69, 9.17) is 4.98 Å². The third kappa shape index (κ3) is 3.77. The molecule has 1 aliphatic carbocycles.